The summed E-state index contributed by atoms with van der Waals surface area (Å²) in [6.45, 7) is 1.84. The third-order valence-corrected chi connectivity index (χ3v) is 2.03. The lowest BCUT2D eigenvalue weighted by molar-refractivity contribution is -0.130. The number of likely N-dealkylation sites (N-methyl/N-ethyl adjacent to an activating group) is 1. The fraction of sp³-hybridized carbons (Fsp3) is 0.750. The van der Waals surface area contributed by atoms with Crippen molar-refractivity contribution in [2.24, 2.45) is 0 Å². The van der Waals surface area contributed by atoms with E-state index in [2.05, 4.69) is 20.8 Å². The number of hydrogen-bond acceptors (Lipinski definition) is 5. The quantitative estimate of drug-likeness (QED) is 0.596. The second-order valence-corrected chi connectivity index (χ2v) is 3.28. The van der Waals surface area contributed by atoms with Crippen molar-refractivity contribution in [2.75, 3.05) is 27.2 Å². The van der Waals surface area contributed by atoms with Crippen LogP contribution in [0.3, 0.4) is 0 Å². The van der Waals surface area contributed by atoms with E-state index in [1.54, 1.807) is 11.9 Å². The van der Waals surface area contributed by atoms with E-state index in [-0.39, 0.29) is 12.5 Å². The predicted octanol–water partition coefficient (Wildman–Crippen LogP) is -1.26. The Bertz CT molecular complexity index is 285. The van der Waals surface area contributed by atoms with Crippen molar-refractivity contribution < 1.29 is 4.79 Å². The molecule has 0 aliphatic carbocycles. The molecule has 0 aliphatic heterocycles. The fourth-order valence-electron chi connectivity index (χ4n) is 1.13. The molecule has 1 N–H and O–H groups in total. The summed E-state index contributed by atoms with van der Waals surface area (Å²) in [4.78, 5) is 13.3. The molecule has 1 rings (SSSR count). The number of aromatic nitrogens is 4. The monoisotopic (exact) mass is 212 g/mol. The number of tetrazole rings is 1. The molecule has 1 amide bonds. The van der Waals surface area contributed by atoms with E-state index in [0.717, 1.165) is 19.5 Å². The van der Waals surface area contributed by atoms with Crippen molar-refractivity contribution >= 4 is 5.91 Å². The van der Waals surface area contributed by atoms with Crippen LogP contribution in [-0.2, 0) is 11.3 Å². The second kappa shape index (κ2) is 6.07. The highest BCUT2D eigenvalue weighted by molar-refractivity contribution is 5.75. The van der Waals surface area contributed by atoms with E-state index in [9.17, 15) is 4.79 Å². The molecule has 0 unspecified atom stereocenters. The van der Waals surface area contributed by atoms with E-state index in [1.807, 2.05) is 7.05 Å². The van der Waals surface area contributed by atoms with E-state index in [4.69, 9.17) is 0 Å². The first-order valence-electron chi connectivity index (χ1n) is 4.83. The summed E-state index contributed by atoms with van der Waals surface area (Å²) in [6.07, 6.45) is 2.37. The van der Waals surface area contributed by atoms with Gasteiger partial charge in [0.15, 0.2) is 0 Å². The lowest BCUT2D eigenvalue weighted by Crippen LogP contribution is -2.32. The van der Waals surface area contributed by atoms with Crippen LogP contribution in [0.25, 0.3) is 0 Å². The number of carbonyl (C=O) groups is 1. The van der Waals surface area contributed by atoms with Gasteiger partial charge < -0.3 is 10.2 Å². The Kier molecular flexibility index (Phi) is 4.69. The lowest BCUT2D eigenvalue weighted by atomic mass is 10.4. The highest BCUT2D eigenvalue weighted by Gasteiger charge is 2.09. The molecule has 1 aromatic rings. The van der Waals surface area contributed by atoms with E-state index < -0.39 is 0 Å². The molecule has 84 valence electrons. The molecule has 0 aliphatic rings. The topological polar surface area (TPSA) is 75.9 Å². The fourth-order valence-corrected chi connectivity index (χ4v) is 1.13. The van der Waals surface area contributed by atoms with Crippen LogP contribution in [0.2, 0.25) is 0 Å². The number of nitrogens with one attached hydrogen (secondary N) is 1. The van der Waals surface area contributed by atoms with Gasteiger partial charge in [0.05, 0.1) is 0 Å². The Morgan fingerprint density at radius 2 is 2.40 bits per heavy atom. The predicted molar refractivity (Wildman–Crippen MR) is 54.0 cm³/mol. The first-order valence-corrected chi connectivity index (χ1v) is 4.83. The van der Waals surface area contributed by atoms with Gasteiger partial charge in [0, 0.05) is 13.6 Å². The minimum absolute atomic E-state index is 0.0124. The van der Waals surface area contributed by atoms with Crippen LogP contribution in [-0.4, -0.2) is 58.2 Å². The standard InChI is InChI=1S/C8H16N6O/c1-9-4-3-5-13(2)8(15)6-14-7-10-11-12-14/h7,9H,3-6H2,1-2H3. The molecule has 0 saturated carbocycles. The number of rotatable bonds is 6. The Morgan fingerprint density at radius 3 is 3.00 bits per heavy atom. The average Bonchev–Trinajstić information content (AvgIpc) is 2.70. The Morgan fingerprint density at radius 1 is 1.60 bits per heavy atom. The third-order valence-electron chi connectivity index (χ3n) is 2.03. The molecule has 0 fully saturated rings. The minimum Gasteiger partial charge on any atom is -0.344 e. The second-order valence-electron chi connectivity index (χ2n) is 3.28. The minimum atomic E-state index is 0.0124. The van der Waals surface area contributed by atoms with Crippen LogP contribution in [0, 0.1) is 0 Å². The van der Waals surface area contributed by atoms with Crippen LogP contribution >= 0.6 is 0 Å². The van der Waals surface area contributed by atoms with Crippen molar-refractivity contribution in [1.29, 1.82) is 0 Å². The van der Waals surface area contributed by atoms with Gasteiger partial charge in [-0.1, -0.05) is 0 Å². The molecule has 0 aromatic carbocycles. The number of carbonyl (C=O) groups excluding carboxylic acids is 1. The van der Waals surface area contributed by atoms with Gasteiger partial charge >= 0.3 is 0 Å². The highest BCUT2D eigenvalue weighted by Crippen LogP contribution is 1.90. The smallest absolute Gasteiger partial charge is 0.244 e. The molecule has 0 radical (unpaired) electrons. The molecule has 15 heavy (non-hydrogen) atoms. The summed E-state index contributed by atoms with van der Waals surface area (Å²) in [7, 11) is 3.67. The van der Waals surface area contributed by atoms with Crippen molar-refractivity contribution in [1.82, 2.24) is 30.4 Å². The Balaban J connectivity index is 2.27. The zero-order valence-corrected chi connectivity index (χ0v) is 9.05. The molecule has 7 heteroatoms. The summed E-state index contributed by atoms with van der Waals surface area (Å²) < 4.78 is 1.41. The molecule has 1 aromatic heterocycles. The lowest BCUT2D eigenvalue weighted by Gasteiger charge is -2.16. The molecule has 7 nitrogen and oxygen atoms in total. The zero-order chi connectivity index (χ0) is 11.1. The molecule has 0 atom stereocenters. The zero-order valence-electron chi connectivity index (χ0n) is 9.05. The van der Waals surface area contributed by atoms with Crippen LogP contribution in [0.5, 0.6) is 0 Å². The van der Waals surface area contributed by atoms with Crippen molar-refractivity contribution in [3.05, 3.63) is 6.33 Å². The normalized spacial score (nSPS) is 10.3. The molecule has 0 saturated heterocycles. The van der Waals surface area contributed by atoms with Crippen LogP contribution in [0.1, 0.15) is 6.42 Å². The summed E-state index contributed by atoms with van der Waals surface area (Å²) in [6, 6.07) is 0. The maximum Gasteiger partial charge on any atom is 0.244 e. The Hall–Kier alpha value is -1.50. The summed E-state index contributed by atoms with van der Waals surface area (Å²) in [5.41, 5.74) is 0. The van der Waals surface area contributed by atoms with Gasteiger partial charge in [-0.05, 0) is 30.4 Å². The maximum absolute atomic E-state index is 11.6. The number of hydrogen-bond donors (Lipinski definition) is 1. The highest BCUT2D eigenvalue weighted by atomic mass is 16.2. The van der Waals surface area contributed by atoms with Gasteiger partial charge in [-0.25, -0.2) is 4.68 Å². The van der Waals surface area contributed by atoms with Crippen molar-refractivity contribution in [2.45, 2.75) is 13.0 Å². The summed E-state index contributed by atoms with van der Waals surface area (Å²) >= 11 is 0. The molecule has 0 bridgehead atoms. The molecular formula is C8H16N6O. The van der Waals surface area contributed by atoms with Crippen LogP contribution in [0.4, 0.5) is 0 Å². The molecular weight excluding hydrogens is 196 g/mol. The average molecular weight is 212 g/mol. The van der Waals surface area contributed by atoms with E-state index in [1.165, 1.54) is 11.0 Å². The van der Waals surface area contributed by atoms with E-state index >= 15 is 0 Å². The maximum atomic E-state index is 11.6. The van der Waals surface area contributed by atoms with Gasteiger partial charge in [0.1, 0.15) is 12.9 Å². The van der Waals surface area contributed by atoms with Gasteiger partial charge in [-0.2, -0.15) is 0 Å². The van der Waals surface area contributed by atoms with Gasteiger partial charge in [0.2, 0.25) is 5.91 Å². The third kappa shape index (κ3) is 4.03. The first-order chi connectivity index (χ1) is 7.24. The van der Waals surface area contributed by atoms with E-state index in [0.29, 0.717) is 0 Å². The number of nitrogens with zero attached hydrogens (tertiary/aromatic N) is 5. The van der Waals surface area contributed by atoms with Crippen LogP contribution in [0.15, 0.2) is 6.33 Å². The molecule has 0 spiro atoms. The van der Waals surface area contributed by atoms with Gasteiger partial charge in [-0.15, -0.1) is 5.10 Å². The summed E-state index contributed by atoms with van der Waals surface area (Å²) in [5, 5.41) is 13.6. The van der Waals surface area contributed by atoms with Gasteiger partial charge in [-0.3, -0.25) is 4.79 Å². The SMILES string of the molecule is CNCCCN(C)C(=O)Cn1cnnn1. The number of amides is 1. The first kappa shape index (κ1) is 11.6. The molecule has 1 heterocycles. The van der Waals surface area contributed by atoms with Crippen molar-refractivity contribution in [3.8, 4) is 0 Å². The Labute approximate surface area is 88.4 Å². The van der Waals surface area contributed by atoms with Crippen molar-refractivity contribution in [3.63, 3.8) is 0 Å². The van der Waals surface area contributed by atoms with Crippen LogP contribution < -0.4 is 5.32 Å². The summed E-state index contributed by atoms with van der Waals surface area (Å²) in [5.74, 6) is 0.0124. The van der Waals surface area contributed by atoms with Gasteiger partial charge in [0.25, 0.3) is 0 Å². The largest absolute Gasteiger partial charge is 0.344 e.